The molecule has 1 amide bonds. The van der Waals surface area contributed by atoms with Gasteiger partial charge in [0.25, 0.3) is 5.91 Å². The largest absolute Gasteiger partial charge is 0.383 e. The number of nitrogens with zero attached hydrogens (tertiary/aromatic N) is 2. The molecule has 0 saturated heterocycles. The monoisotopic (exact) mass is 352 g/mol. The lowest BCUT2D eigenvalue weighted by Gasteiger charge is -2.23. The predicted octanol–water partition coefficient (Wildman–Crippen LogP) is 4.21. The van der Waals surface area contributed by atoms with Gasteiger partial charge in [0.2, 0.25) is 0 Å². The van der Waals surface area contributed by atoms with Crippen molar-refractivity contribution in [1.82, 2.24) is 9.88 Å². The fraction of sp³-hybridized carbons (Fsp3) is 0.412. The van der Waals surface area contributed by atoms with Gasteiger partial charge in [-0.05, 0) is 18.1 Å². The number of benzene rings is 1. The van der Waals surface area contributed by atoms with Crippen molar-refractivity contribution in [3.63, 3.8) is 0 Å². The van der Waals surface area contributed by atoms with Crippen molar-refractivity contribution in [1.29, 1.82) is 0 Å². The number of ether oxygens (including phenoxy) is 1. The molecule has 6 heteroatoms. The third kappa shape index (κ3) is 5.03. The van der Waals surface area contributed by atoms with Crippen LogP contribution in [0.2, 0.25) is 5.02 Å². The Balaban J connectivity index is 2.16. The number of hydrogen-bond donors (Lipinski definition) is 0. The van der Waals surface area contributed by atoms with Crippen LogP contribution in [0.1, 0.15) is 24.3 Å². The molecule has 0 bridgehead atoms. The van der Waals surface area contributed by atoms with Crippen LogP contribution in [0.25, 0.3) is 10.6 Å². The molecule has 1 heterocycles. The summed E-state index contributed by atoms with van der Waals surface area (Å²) in [6.45, 7) is 5.96. The van der Waals surface area contributed by atoms with E-state index in [9.17, 15) is 4.79 Å². The zero-order valence-corrected chi connectivity index (χ0v) is 15.2. The summed E-state index contributed by atoms with van der Waals surface area (Å²) < 4.78 is 5.10. The summed E-state index contributed by atoms with van der Waals surface area (Å²) in [4.78, 5) is 19.0. The predicted molar refractivity (Wildman–Crippen MR) is 95.2 cm³/mol. The number of hydrogen-bond acceptors (Lipinski definition) is 4. The fourth-order valence-electron chi connectivity index (χ4n) is 2.18. The summed E-state index contributed by atoms with van der Waals surface area (Å²) in [5.74, 6) is 0.345. The maximum Gasteiger partial charge on any atom is 0.273 e. The number of halogens is 1. The van der Waals surface area contributed by atoms with Crippen molar-refractivity contribution in [3.05, 3.63) is 40.4 Å². The molecule has 23 heavy (non-hydrogen) atoms. The average molecular weight is 353 g/mol. The molecule has 0 atom stereocenters. The molecule has 0 fully saturated rings. The van der Waals surface area contributed by atoms with E-state index in [1.54, 1.807) is 12.0 Å². The molecule has 0 aliphatic rings. The Kier molecular flexibility index (Phi) is 6.57. The highest BCUT2D eigenvalue weighted by Crippen LogP contribution is 2.25. The molecule has 1 aromatic carbocycles. The van der Waals surface area contributed by atoms with Gasteiger partial charge in [0.05, 0.1) is 6.61 Å². The molecule has 0 saturated carbocycles. The van der Waals surface area contributed by atoms with E-state index < -0.39 is 0 Å². The molecular weight excluding hydrogens is 332 g/mol. The number of amides is 1. The Bertz CT molecular complexity index is 640. The molecule has 4 nitrogen and oxygen atoms in total. The van der Waals surface area contributed by atoms with Crippen molar-refractivity contribution >= 4 is 28.8 Å². The zero-order chi connectivity index (χ0) is 16.8. The molecule has 1 aromatic heterocycles. The van der Waals surface area contributed by atoms with Crippen LogP contribution in [0.15, 0.2) is 29.6 Å². The molecule has 0 radical (unpaired) electrons. The fourth-order valence-corrected chi connectivity index (χ4v) is 3.10. The Labute approximate surface area is 146 Å². The van der Waals surface area contributed by atoms with Crippen LogP contribution in [-0.4, -0.2) is 42.6 Å². The summed E-state index contributed by atoms with van der Waals surface area (Å²) in [7, 11) is 1.64. The van der Waals surface area contributed by atoms with E-state index in [0.717, 1.165) is 10.6 Å². The molecule has 0 aliphatic heterocycles. The summed E-state index contributed by atoms with van der Waals surface area (Å²) in [6.07, 6.45) is 0. The molecule has 0 spiro atoms. The lowest BCUT2D eigenvalue weighted by atomic mass is 10.2. The Morgan fingerprint density at radius 1 is 1.35 bits per heavy atom. The van der Waals surface area contributed by atoms with E-state index in [2.05, 4.69) is 18.8 Å². The van der Waals surface area contributed by atoms with Gasteiger partial charge in [-0.3, -0.25) is 4.79 Å². The number of thiazole rings is 1. The molecule has 2 aromatic rings. The third-order valence-electron chi connectivity index (χ3n) is 3.25. The Morgan fingerprint density at radius 2 is 2.04 bits per heavy atom. The first-order valence-corrected chi connectivity index (χ1v) is 8.76. The van der Waals surface area contributed by atoms with E-state index in [1.165, 1.54) is 11.3 Å². The highest BCUT2D eigenvalue weighted by Gasteiger charge is 2.19. The topological polar surface area (TPSA) is 42.4 Å². The van der Waals surface area contributed by atoms with Gasteiger partial charge in [-0.25, -0.2) is 4.98 Å². The maximum absolute atomic E-state index is 12.7. The van der Waals surface area contributed by atoms with E-state index in [1.807, 2.05) is 29.6 Å². The van der Waals surface area contributed by atoms with Crippen molar-refractivity contribution in [2.24, 2.45) is 5.92 Å². The van der Waals surface area contributed by atoms with E-state index in [-0.39, 0.29) is 5.91 Å². The van der Waals surface area contributed by atoms with Crippen LogP contribution in [0.3, 0.4) is 0 Å². The second kappa shape index (κ2) is 8.43. The standard InChI is InChI=1S/C17H21ClN2O2S/c1-12(2)10-20(8-9-22-3)17(21)15-11-23-16(19-15)13-4-6-14(18)7-5-13/h4-7,11-12H,8-10H2,1-3H3. The summed E-state index contributed by atoms with van der Waals surface area (Å²) in [5.41, 5.74) is 1.45. The summed E-state index contributed by atoms with van der Waals surface area (Å²) >= 11 is 7.37. The lowest BCUT2D eigenvalue weighted by Crippen LogP contribution is -2.36. The van der Waals surface area contributed by atoms with Gasteiger partial charge >= 0.3 is 0 Å². The van der Waals surface area contributed by atoms with Crippen molar-refractivity contribution in [2.45, 2.75) is 13.8 Å². The number of methoxy groups -OCH3 is 1. The number of carbonyl (C=O) groups is 1. The first kappa shape index (κ1) is 17.9. The van der Waals surface area contributed by atoms with Gasteiger partial charge < -0.3 is 9.64 Å². The van der Waals surface area contributed by atoms with Gasteiger partial charge in [0.1, 0.15) is 10.7 Å². The quantitative estimate of drug-likeness (QED) is 0.749. The van der Waals surface area contributed by atoms with Crippen molar-refractivity contribution in [3.8, 4) is 10.6 Å². The third-order valence-corrected chi connectivity index (χ3v) is 4.40. The highest BCUT2D eigenvalue weighted by atomic mass is 35.5. The molecule has 0 N–H and O–H groups in total. The van der Waals surface area contributed by atoms with Crippen LogP contribution in [0.4, 0.5) is 0 Å². The van der Waals surface area contributed by atoms with E-state index >= 15 is 0 Å². The second-order valence-electron chi connectivity index (χ2n) is 5.68. The number of aromatic nitrogens is 1. The molecule has 0 unspecified atom stereocenters. The molecular formula is C17H21ClN2O2S. The maximum atomic E-state index is 12.7. The molecule has 0 aliphatic carbocycles. The highest BCUT2D eigenvalue weighted by molar-refractivity contribution is 7.13. The minimum Gasteiger partial charge on any atom is -0.383 e. The number of carbonyl (C=O) groups excluding carboxylic acids is 1. The van der Waals surface area contributed by atoms with Crippen LogP contribution >= 0.6 is 22.9 Å². The van der Waals surface area contributed by atoms with Gasteiger partial charge in [-0.1, -0.05) is 37.6 Å². The summed E-state index contributed by atoms with van der Waals surface area (Å²) in [6, 6.07) is 7.46. The molecule has 124 valence electrons. The smallest absolute Gasteiger partial charge is 0.273 e. The Morgan fingerprint density at radius 3 is 2.65 bits per heavy atom. The minimum absolute atomic E-state index is 0.0489. The first-order chi connectivity index (χ1) is 11.0. The first-order valence-electron chi connectivity index (χ1n) is 7.51. The van der Waals surface area contributed by atoms with E-state index in [4.69, 9.17) is 16.3 Å². The van der Waals surface area contributed by atoms with Gasteiger partial charge in [-0.15, -0.1) is 11.3 Å². The van der Waals surface area contributed by atoms with Crippen LogP contribution in [0, 0.1) is 5.92 Å². The number of rotatable bonds is 7. The zero-order valence-electron chi connectivity index (χ0n) is 13.6. The van der Waals surface area contributed by atoms with Crippen molar-refractivity contribution < 1.29 is 9.53 Å². The Hall–Kier alpha value is -1.43. The van der Waals surface area contributed by atoms with Gasteiger partial charge in [0.15, 0.2) is 0 Å². The van der Waals surface area contributed by atoms with Crippen molar-refractivity contribution in [2.75, 3.05) is 26.8 Å². The van der Waals surface area contributed by atoms with Crippen LogP contribution < -0.4 is 0 Å². The molecule has 2 rings (SSSR count). The second-order valence-corrected chi connectivity index (χ2v) is 6.98. The van der Waals surface area contributed by atoms with E-state index in [0.29, 0.717) is 36.3 Å². The average Bonchev–Trinajstić information content (AvgIpc) is 3.01. The lowest BCUT2D eigenvalue weighted by molar-refractivity contribution is 0.0667. The van der Waals surface area contributed by atoms with Gasteiger partial charge in [0, 0.05) is 36.2 Å². The summed E-state index contributed by atoms with van der Waals surface area (Å²) in [5, 5.41) is 3.32. The van der Waals surface area contributed by atoms with Crippen LogP contribution in [0.5, 0.6) is 0 Å². The van der Waals surface area contributed by atoms with Crippen LogP contribution in [-0.2, 0) is 4.74 Å². The normalized spacial score (nSPS) is 11.0. The van der Waals surface area contributed by atoms with Gasteiger partial charge in [-0.2, -0.15) is 0 Å². The minimum atomic E-state index is -0.0489. The SMILES string of the molecule is COCCN(CC(C)C)C(=O)c1csc(-c2ccc(Cl)cc2)n1.